The molecule has 1 aliphatic heterocycles. The molecule has 24 heavy (non-hydrogen) atoms. The van der Waals surface area contributed by atoms with E-state index in [1.807, 2.05) is 19.1 Å². The predicted molar refractivity (Wildman–Crippen MR) is 88.5 cm³/mol. The number of furan rings is 1. The van der Waals surface area contributed by atoms with Gasteiger partial charge in [0.15, 0.2) is 0 Å². The molecule has 2 amide bonds. The summed E-state index contributed by atoms with van der Waals surface area (Å²) in [5.41, 5.74) is 0.442. The van der Waals surface area contributed by atoms with E-state index in [-0.39, 0.29) is 17.9 Å². The first kappa shape index (κ1) is 16.2. The van der Waals surface area contributed by atoms with Crippen LogP contribution in [0.25, 0.3) is 0 Å². The number of pyridine rings is 1. The summed E-state index contributed by atoms with van der Waals surface area (Å²) in [7, 11) is 0. The van der Waals surface area contributed by atoms with Crippen LogP contribution in [0.5, 0.6) is 0 Å². The third-order valence-electron chi connectivity index (χ3n) is 4.12. The van der Waals surface area contributed by atoms with Gasteiger partial charge in [0.1, 0.15) is 17.2 Å². The average Bonchev–Trinajstić information content (AvgIpc) is 3.22. The minimum atomic E-state index is -0.0848. The highest BCUT2D eigenvalue weighted by Crippen LogP contribution is 2.13. The highest BCUT2D eigenvalue weighted by molar-refractivity contribution is 5.92. The molecular formula is C18H21N3O3. The van der Waals surface area contributed by atoms with Gasteiger partial charge in [-0.3, -0.25) is 14.6 Å². The molecule has 1 saturated heterocycles. The number of aryl methyl sites for hydroxylation is 2. The summed E-state index contributed by atoms with van der Waals surface area (Å²) < 4.78 is 5.46. The molecule has 2 aromatic heterocycles. The molecule has 0 aliphatic carbocycles. The first-order valence-electron chi connectivity index (χ1n) is 8.17. The van der Waals surface area contributed by atoms with E-state index in [9.17, 15) is 9.59 Å². The van der Waals surface area contributed by atoms with Crippen molar-refractivity contribution in [2.45, 2.75) is 32.2 Å². The number of carbonyl (C=O) groups is 2. The van der Waals surface area contributed by atoms with Crippen LogP contribution < -0.4 is 5.32 Å². The van der Waals surface area contributed by atoms with Gasteiger partial charge in [0.25, 0.3) is 5.91 Å². The molecule has 6 nitrogen and oxygen atoms in total. The maximum absolute atomic E-state index is 12.3. The molecule has 3 heterocycles. The van der Waals surface area contributed by atoms with Gasteiger partial charge in [-0.15, -0.1) is 0 Å². The van der Waals surface area contributed by atoms with Crippen LogP contribution in [-0.2, 0) is 11.2 Å². The van der Waals surface area contributed by atoms with Crippen LogP contribution in [0.2, 0.25) is 0 Å². The summed E-state index contributed by atoms with van der Waals surface area (Å²) in [4.78, 5) is 30.2. The Kier molecular flexibility index (Phi) is 4.93. The molecule has 0 radical (unpaired) electrons. The standard InChI is InChI=1S/C18H21N3O3/c1-13-5-6-15(24-13)7-8-17(22)20-14-9-11-21(12-14)18(23)16-4-2-3-10-19-16/h2-6,10,14H,7-9,11-12H2,1H3,(H,20,22)/t14-/m1/s1. The highest BCUT2D eigenvalue weighted by atomic mass is 16.3. The smallest absolute Gasteiger partial charge is 0.272 e. The second-order valence-electron chi connectivity index (χ2n) is 6.03. The molecular weight excluding hydrogens is 306 g/mol. The second kappa shape index (κ2) is 7.29. The van der Waals surface area contributed by atoms with E-state index in [2.05, 4.69) is 10.3 Å². The van der Waals surface area contributed by atoms with E-state index in [0.29, 0.717) is 31.6 Å². The number of amides is 2. The number of nitrogens with one attached hydrogen (secondary N) is 1. The van der Waals surface area contributed by atoms with Gasteiger partial charge in [-0.25, -0.2) is 0 Å². The second-order valence-corrected chi connectivity index (χ2v) is 6.03. The lowest BCUT2D eigenvalue weighted by Crippen LogP contribution is -2.38. The molecule has 1 N–H and O–H groups in total. The first-order valence-corrected chi connectivity index (χ1v) is 8.17. The fourth-order valence-corrected chi connectivity index (χ4v) is 2.87. The lowest BCUT2D eigenvalue weighted by atomic mass is 10.2. The number of aromatic nitrogens is 1. The van der Waals surface area contributed by atoms with Crippen molar-refractivity contribution in [3.05, 3.63) is 53.7 Å². The highest BCUT2D eigenvalue weighted by Gasteiger charge is 2.28. The largest absolute Gasteiger partial charge is 0.466 e. The van der Waals surface area contributed by atoms with Crippen LogP contribution >= 0.6 is 0 Å². The van der Waals surface area contributed by atoms with Gasteiger partial charge in [-0.1, -0.05) is 6.07 Å². The zero-order valence-corrected chi connectivity index (χ0v) is 13.7. The van der Waals surface area contributed by atoms with E-state index in [1.165, 1.54) is 0 Å². The molecule has 0 spiro atoms. The van der Waals surface area contributed by atoms with Crippen molar-refractivity contribution in [1.29, 1.82) is 0 Å². The minimum absolute atomic E-state index is 0.00324. The molecule has 0 aromatic carbocycles. The summed E-state index contributed by atoms with van der Waals surface area (Å²) in [5.74, 6) is 1.57. The lowest BCUT2D eigenvalue weighted by molar-refractivity contribution is -0.121. The monoisotopic (exact) mass is 327 g/mol. The van der Waals surface area contributed by atoms with E-state index < -0.39 is 0 Å². The van der Waals surface area contributed by atoms with Crippen LogP contribution in [0.15, 0.2) is 40.9 Å². The summed E-state index contributed by atoms with van der Waals surface area (Å²) in [6.45, 7) is 3.05. The molecule has 6 heteroatoms. The Balaban J connectivity index is 1.45. The van der Waals surface area contributed by atoms with E-state index in [0.717, 1.165) is 17.9 Å². The lowest BCUT2D eigenvalue weighted by Gasteiger charge is -2.16. The van der Waals surface area contributed by atoms with Gasteiger partial charge in [0.05, 0.1) is 0 Å². The van der Waals surface area contributed by atoms with Gasteiger partial charge in [0.2, 0.25) is 5.91 Å². The summed E-state index contributed by atoms with van der Waals surface area (Å²) >= 11 is 0. The van der Waals surface area contributed by atoms with Crippen molar-refractivity contribution in [2.24, 2.45) is 0 Å². The number of likely N-dealkylation sites (tertiary alicyclic amines) is 1. The quantitative estimate of drug-likeness (QED) is 0.911. The van der Waals surface area contributed by atoms with Crippen LogP contribution in [0.1, 0.15) is 34.9 Å². The third-order valence-corrected chi connectivity index (χ3v) is 4.12. The van der Waals surface area contributed by atoms with Gasteiger partial charge in [0, 0.05) is 38.2 Å². The number of hydrogen-bond donors (Lipinski definition) is 1. The molecule has 0 bridgehead atoms. The van der Waals surface area contributed by atoms with E-state index in [1.54, 1.807) is 29.3 Å². The predicted octanol–water partition coefficient (Wildman–Crippen LogP) is 1.95. The molecule has 1 atom stereocenters. The Morgan fingerprint density at radius 1 is 1.33 bits per heavy atom. The molecule has 1 fully saturated rings. The van der Waals surface area contributed by atoms with Crippen LogP contribution in [0.4, 0.5) is 0 Å². The van der Waals surface area contributed by atoms with Crippen LogP contribution in [0, 0.1) is 6.92 Å². The van der Waals surface area contributed by atoms with Crippen molar-refractivity contribution < 1.29 is 14.0 Å². The maximum Gasteiger partial charge on any atom is 0.272 e. The van der Waals surface area contributed by atoms with E-state index >= 15 is 0 Å². The average molecular weight is 327 g/mol. The fraction of sp³-hybridized carbons (Fsp3) is 0.389. The van der Waals surface area contributed by atoms with Gasteiger partial charge >= 0.3 is 0 Å². The van der Waals surface area contributed by atoms with E-state index in [4.69, 9.17) is 4.42 Å². The molecule has 1 aliphatic rings. The first-order chi connectivity index (χ1) is 11.6. The number of rotatable bonds is 5. The Morgan fingerprint density at radius 3 is 2.92 bits per heavy atom. The molecule has 0 saturated carbocycles. The van der Waals surface area contributed by atoms with Crippen molar-refractivity contribution in [1.82, 2.24) is 15.2 Å². The molecule has 3 rings (SSSR count). The molecule has 0 unspecified atom stereocenters. The number of carbonyl (C=O) groups excluding carboxylic acids is 2. The summed E-state index contributed by atoms with van der Waals surface area (Å²) in [6.07, 6.45) is 3.35. The number of nitrogens with zero attached hydrogens (tertiary/aromatic N) is 2. The zero-order chi connectivity index (χ0) is 16.9. The van der Waals surface area contributed by atoms with Gasteiger partial charge < -0.3 is 14.6 Å². The molecule has 2 aromatic rings. The zero-order valence-electron chi connectivity index (χ0n) is 13.7. The Bertz CT molecular complexity index is 711. The number of hydrogen-bond acceptors (Lipinski definition) is 4. The van der Waals surface area contributed by atoms with Crippen molar-refractivity contribution in [2.75, 3.05) is 13.1 Å². The fourth-order valence-electron chi connectivity index (χ4n) is 2.87. The van der Waals surface area contributed by atoms with Gasteiger partial charge in [-0.05, 0) is 37.6 Å². The molecule has 126 valence electrons. The SMILES string of the molecule is Cc1ccc(CCC(=O)N[C@@H]2CCN(C(=O)c3ccccn3)C2)o1. The minimum Gasteiger partial charge on any atom is -0.466 e. The van der Waals surface area contributed by atoms with Crippen molar-refractivity contribution in [3.63, 3.8) is 0 Å². The third kappa shape index (κ3) is 4.01. The maximum atomic E-state index is 12.3. The Morgan fingerprint density at radius 2 is 2.21 bits per heavy atom. The van der Waals surface area contributed by atoms with Crippen LogP contribution in [-0.4, -0.2) is 40.8 Å². The Hall–Kier alpha value is -2.63. The van der Waals surface area contributed by atoms with Gasteiger partial charge in [-0.2, -0.15) is 0 Å². The van der Waals surface area contributed by atoms with Crippen molar-refractivity contribution in [3.8, 4) is 0 Å². The van der Waals surface area contributed by atoms with Crippen molar-refractivity contribution >= 4 is 11.8 Å². The Labute approximate surface area is 140 Å². The summed E-state index contributed by atoms with van der Waals surface area (Å²) in [6, 6.07) is 9.08. The topological polar surface area (TPSA) is 75.4 Å². The van der Waals surface area contributed by atoms with Crippen LogP contribution in [0.3, 0.4) is 0 Å². The summed E-state index contributed by atoms with van der Waals surface area (Å²) in [5, 5.41) is 3.00. The normalized spacial score (nSPS) is 17.0.